The van der Waals surface area contributed by atoms with Crippen LogP contribution in [0.2, 0.25) is 0 Å². The normalized spacial score (nSPS) is 41.0. The first-order valence-electron chi connectivity index (χ1n) is 9.78. The van der Waals surface area contributed by atoms with Gasteiger partial charge in [-0.1, -0.05) is 20.3 Å². The number of aliphatic hydroxyl groups is 1. The number of alkyl halides is 1. The molecule has 0 bridgehead atoms. The molecule has 3 aliphatic carbocycles. The monoisotopic (exact) mass is 358 g/mol. The number of hydrogen-bond acceptors (Lipinski definition) is 5. The Morgan fingerprint density at radius 3 is 2.84 bits per heavy atom. The quantitative estimate of drug-likeness (QED) is 0.706. The van der Waals surface area contributed by atoms with Crippen molar-refractivity contribution >= 4 is 6.16 Å². The Bertz CT molecular complexity index is 459. The molecule has 0 aromatic heterocycles. The van der Waals surface area contributed by atoms with E-state index < -0.39 is 18.4 Å². The zero-order valence-electron chi connectivity index (χ0n) is 15.2. The fourth-order valence-corrected chi connectivity index (χ4v) is 4.69. The summed E-state index contributed by atoms with van der Waals surface area (Å²) in [7, 11) is 0. The van der Waals surface area contributed by atoms with Crippen LogP contribution in [0.15, 0.2) is 0 Å². The number of halogens is 1. The minimum Gasteiger partial charge on any atom is -0.432 e. The van der Waals surface area contributed by atoms with Gasteiger partial charge in [-0.25, -0.2) is 9.18 Å². The maximum atomic E-state index is 13.8. The molecule has 3 rings (SSSR count). The molecule has 0 aromatic carbocycles. The number of aliphatic hydroxyl groups excluding tert-OH is 1. The smallest absolute Gasteiger partial charge is 0.432 e. The van der Waals surface area contributed by atoms with Crippen molar-refractivity contribution in [3.8, 4) is 0 Å². The molecule has 0 spiro atoms. The third kappa shape index (κ3) is 4.45. The lowest BCUT2D eigenvalue weighted by Crippen LogP contribution is -2.37. The minimum absolute atomic E-state index is 0.00261. The van der Waals surface area contributed by atoms with E-state index in [9.17, 15) is 14.3 Å². The highest BCUT2D eigenvalue weighted by atomic mass is 19.1. The van der Waals surface area contributed by atoms with Crippen molar-refractivity contribution in [2.24, 2.45) is 23.7 Å². The molecule has 0 aliphatic heterocycles. The Morgan fingerprint density at radius 2 is 2.12 bits per heavy atom. The van der Waals surface area contributed by atoms with Crippen LogP contribution in [0.3, 0.4) is 0 Å². The second-order valence-electron chi connectivity index (χ2n) is 8.05. The topological polar surface area (TPSA) is 65.0 Å². The Kier molecular flexibility index (Phi) is 6.21. The number of fused-ring (bicyclic) bond motifs is 1. The predicted octanol–water partition coefficient (Wildman–Crippen LogP) is 3.48. The Balaban J connectivity index is 1.44. The number of carbonyl (C=O) groups is 1. The molecular formula is C19H31FO5. The van der Waals surface area contributed by atoms with Crippen LogP contribution >= 0.6 is 0 Å². The first kappa shape index (κ1) is 18.9. The van der Waals surface area contributed by atoms with Gasteiger partial charge < -0.3 is 19.3 Å². The Hall–Kier alpha value is -0.880. The summed E-state index contributed by atoms with van der Waals surface area (Å²) >= 11 is 0. The highest BCUT2D eigenvalue weighted by Gasteiger charge is 2.64. The minimum atomic E-state index is -0.907. The van der Waals surface area contributed by atoms with Gasteiger partial charge in [0.1, 0.15) is 18.9 Å². The zero-order valence-corrected chi connectivity index (χ0v) is 15.2. The summed E-state index contributed by atoms with van der Waals surface area (Å²) in [6.07, 6.45) is 2.76. The molecule has 5 nitrogen and oxygen atoms in total. The van der Waals surface area contributed by atoms with E-state index in [0.29, 0.717) is 18.9 Å². The van der Waals surface area contributed by atoms with Crippen LogP contribution in [-0.2, 0) is 14.2 Å². The van der Waals surface area contributed by atoms with Crippen LogP contribution in [-0.4, -0.2) is 49.0 Å². The van der Waals surface area contributed by atoms with Crippen molar-refractivity contribution in [2.45, 2.75) is 76.9 Å². The molecule has 3 fully saturated rings. The van der Waals surface area contributed by atoms with Crippen LogP contribution < -0.4 is 0 Å². The van der Waals surface area contributed by atoms with Crippen LogP contribution in [0, 0.1) is 23.7 Å². The van der Waals surface area contributed by atoms with Crippen molar-refractivity contribution in [3.63, 3.8) is 0 Å². The second kappa shape index (κ2) is 8.21. The number of hydrogen-bond donors (Lipinski definition) is 1. The molecule has 6 unspecified atom stereocenters. The molecule has 6 heteroatoms. The van der Waals surface area contributed by atoms with E-state index in [0.717, 1.165) is 25.7 Å². The van der Waals surface area contributed by atoms with Gasteiger partial charge in [0.15, 0.2) is 0 Å². The Labute approximate surface area is 149 Å². The van der Waals surface area contributed by atoms with Crippen molar-refractivity contribution < 1.29 is 28.5 Å². The van der Waals surface area contributed by atoms with E-state index in [1.54, 1.807) is 0 Å². The lowest BCUT2D eigenvalue weighted by Gasteiger charge is -2.28. The summed E-state index contributed by atoms with van der Waals surface area (Å²) in [5.41, 5.74) is 0. The number of ether oxygens (including phenoxy) is 3. The summed E-state index contributed by atoms with van der Waals surface area (Å²) in [5, 5.41) is 10.5. The van der Waals surface area contributed by atoms with E-state index in [1.807, 2.05) is 6.92 Å². The average molecular weight is 358 g/mol. The third-order valence-corrected chi connectivity index (χ3v) is 6.01. The molecule has 0 saturated heterocycles. The van der Waals surface area contributed by atoms with Crippen LogP contribution in [0.4, 0.5) is 9.18 Å². The van der Waals surface area contributed by atoms with Crippen LogP contribution in [0.25, 0.3) is 0 Å². The lowest BCUT2D eigenvalue weighted by molar-refractivity contribution is -0.0676. The van der Waals surface area contributed by atoms with Crippen molar-refractivity contribution in [3.05, 3.63) is 0 Å². The first-order valence-corrected chi connectivity index (χ1v) is 9.78. The second-order valence-corrected chi connectivity index (χ2v) is 8.05. The van der Waals surface area contributed by atoms with Crippen molar-refractivity contribution in [1.82, 2.24) is 0 Å². The van der Waals surface area contributed by atoms with Crippen molar-refractivity contribution in [2.75, 3.05) is 13.2 Å². The molecule has 1 N–H and O–H groups in total. The van der Waals surface area contributed by atoms with Crippen LogP contribution in [0.1, 0.15) is 52.4 Å². The summed E-state index contributed by atoms with van der Waals surface area (Å²) < 4.78 is 30.0. The maximum Gasteiger partial charge on any atom is 0.508 e. The summed E-state index contributed by atoms with van der Waals surface area (Å²) in [5.74, 6) is 0.0993. The fraction of sp³-hybridized carbons (Fsp3) is 0.947. The molecule has 25 heavy (non-hydrogen) atoms. The van der Waals surface area contributed by atoms with E-state index >= 15 is 0 Å². The van der Waals surface area contributed by atoms with Gasteiger partial charge >= 0.3 is 6.16 Å². The standard InChI is InChI=1S/C19H31FO5/c1-3-7-23-15-9-13-16(18(13)20)17(15)14(21)10-24-19(22)25-12-6-4-5-11(2)8-12/h11-18,21H,3-10H2,1-2H3/t11?,12?,13-,14?,15-,16?,17?,18?/m1/s1. The molecular weight excluding hydrogens is 327 g/mol. The van der Waals surface area contributed by atoms with E-state index in [-0.39, 0.29) is 36.6 Å². The summed E-state index contributed by atoms with van der Waals surface area (Å²) in [6.45, 7) is 4.62. The summed E-state index contributed by atoms with van der Waals surface area (Å²) in [4.78, 5) is 11.9. The summed E-state index contributed by atoms with van der Waals surface area (Å²) in [6, 6.07) is 0. The zero-order chi connectivity index (χ0) is 18.0. The van der Waals surface area contributed by atoms with Gasteiger partial charge in [-0.05, 0) is 43.9 Å². The van der Waals surface area contributed by atoms with Gasteiger partial charge in [0.25, 0.3) is 0 Å². The van der Waals surface area contributed by atoms with Gasteiger partial charge in [-0.2, -0.15) is 0 Å². The fourth-order valence-electron chi connectivity index (χ4n) is 4.69. The van der Waals surface area contributed by atoms with Crippen LogP contribution in [0.5, 0.6) is 0 Å². The first-order chi connectivity index (χ1) is 12.0. The average Bonchev–Trinajstić information content (AvgIpc) is 3.03. The largest absolute Gasteiger partial charge is 0.508 e. The van der Waals surface area contributed by atoms with E-state index in [4.69, 9.17) is 14.2 Å². The van der Waals surface area contributed by atoms with Gasteiger partial charge in [-0.3, -0.25) is 0 Å². The van der Waals surface area contributed by atoms with E-state index in [1.165, 1.54) is 6.42 Å². The molecule has 8 atom stereocenters. The van der Waals surface area contributed by atoms with Gasteiger partial charge in [0.2, 0.25) is 0 Å². The van der Waals surface area contributed by atoms with E-state index in [2.05, 4.69) is 6.92 Å². The Morgan fingerprint density at radius 1 is 1.32 bits per heavy atom. The molecule has 3 saturated carbocycles. The molecule has 0 aromatic rings. The predicted molar refractivity (Wildman–Crippen MR) is 89.9 cm³/mol. The molecule has 144 valence electrons. The van der Waals surface area contributed by atoms with Gasteiger partial charge in [-0.15, -0.1) is 0 Å². The molecule has 3 aliphatic rings. The van der Waals surface area contributed by atoms with Crippen molar-refractivity contribution in [1.29, 1.82) is 0 Å². The third-order valence-electron chi connectivity index (χ3n) is 6.01. The SMILES string of the molecule is CCCO[C@@H]1C[C@H]2C(F)C2C1C(O)COC(=O)OC1CCCC(C)C1. The lowest BCUT2D eigenvalue weighted by atomic mass is 9.89. The number of carbonyl (C=O) groups excluding carboxylic acids is 1. The molecule has 0 radical (unpaired) electrons. The highest BCUT2D eigenvalue weighted by Crippen LogP contribution is 2.59. The highest BCUT2D eigenvalue weighted by molar-refractivity contribution is 5.60. The number of rotatable bonds is 7. The van der Waals surface area contributed by atoms with Gasteiger partial charge in [0.05, 0.1) is 12.2 Å². The molecule has 0 amide bonds. The maximum absolute atomic E-state index is 13.8. The van der Waals surface area contributed by atoms with Gasteiger partial charge in [0, 0.05) is 18.4 Å². The molecule has 0 heterocycles.